The van der Waals surface area contributed by atoms with E-state index in [1.165, 1.54) is 11.1 Å². The summed E-state index contributed by atoms with van der Waals surface area (Å²) in [6.45, 7) is 12.6. The summed E-state index contributed by atoms with van der Waals surface area (Å²) in [5.74, 6) is 1.16. The molecule has 4 rings (SSSR count). The Morgan fingerprint density at radius 3 is 2.53 bits per heavy atom. The van der Waals surface area contributed by atoms with E-state index in [1.54, 1.807) is 11.1 Å². The number of piperazine rings is 1. The van der Waals surface area contributed by atoms with Crippen LogP contribution in [0.15, 0.2) is 40.3 Å². The van der Waals surface area contributed by atoms with Gasteiger partial charge >= 0.3 is 0 Å². The van der Waals surface area contributed by atoms with Crippen LogP contribution in [0.3, 0.4) is 0 Å². The summed E-state index contributed by atoms with van der Waals surface area (Å²) in [5, 5.41) is 13.2. The number of aliphatic hydroxyl groups excluding tert-OH is 1. The van der Waals surface area contributed by atoms with E-state index >= 15 is 0 Å². The Morgan fingerprint density at radius 2 is 1.97 bits per heavy atom. The fourth-order valence-corrected chi connectivity index (χ4v) is 5.07. The molecule has 0 aromatic heterocycles. The molecule has 0 saturated carbocycles. The van der Waals surface area contributed by atoms with Gasteiger partial charge in [0.25, 0.3) is 5.91 Å². The molecule has 8 nitrogen and oxygen atoms in total. The van der Waals surface area contributed by atoms with Gasteiger partial charge in [-0.05, 0) is 26.7 Å². The Bertz CT molecular complexity index is 800. The molecule has 0 radical (unpaired) electrons. The zero-order valence-corrected chi connectivity index (χ0v) is 18.3. The van der Waals surface area contributed by atoms with E-state index < -0.39 is 6.41 Å². The van der Waals surface area contributed by atoms with Crippen molar-refractivity contribution in [2.45, 2.75) is 46.2 Å². The van der Waals surface area contributed by atoms with Gasteiger partial charge in [0.05, 0.1) is 25.4 Å². The number of aliphatic imine (C=N–C) groups is 1. The van der Waals surface area contributed by atoms with Gasteiger partial charge in [0, 0.05) is 32.2 Å². The first kappa shape index (κ1) is 21.1. The molecular formula is C22H33N5O3. The lowest BCUT2D eigenvalue weighted by molar-refractivity contribution is -0.126. The minimum Gasteiger partial charge on any atom is -0.364 e. The second-order valence-corrected chi connectivity index (χ2v) is 8.79. The van der Waals surface area contributed by atoms with Crippen molar-refractivity contribution in [3.8, 4) is 0 Å². The van der Waals surface area contributed by atoms with Crippen molar-refractivity contribution in [2.24, 2.45) is 10.9 Å². The van der Waals surface area contributed by atoms with Crippen LogP contribution in [0, 0.1) is 5.92 Å². The standard InChI is InChI=1S/C22H33N5O3/c1-14-9-15(2)20(16(3)10-14)25-5-7-26(8-6-25)21(28)18-11-24-19(12-23-18)27-17(4)13-30-22(27)29/h9-10,12,15,17,20,22,24,29H,5-8,11,13H2,1-4H3/t15?,17-,20?,22?/m1/s1. The third kappa shape index (κ3) is 4.04. The summed E-state index contributed by atoms with van der Waals surface area (Å²) in [6, 6.07) is 0.471. The van der Waals surface area contributed by atoms with Crippen LogP contribution in [0.5, 0.6) is 0 Å². The number of rotatable bonds is 3. The molecule has 2 N–H and O–H groups in total. The van der Waals surface area contributed by atoms with Gasteiger partial charge in [-0.3, -0.25) is 9.69 Å². The number of hydrogen-bond donors (Lipinski definition) is 2. The second-order valence-electron chi connectivity index (χ2n) is 8.79. The van der Waals surface area contributed by atoms with Gasteiger partial charge in [0.1, 0.15) is 11.5 Å². The van der Waals surface area contributed by atoms with Crippen molar-refractivity contribution in [3.63, 3.8) is 0 Å². The highest BCUT2D eigenvalue weighted by atomic mass is 16.6. The number of allylic oxidation sites excluding steroid dienone is 2. The van der Waals surface area contributed by atoms with Crippen LogP contribution in [0.4, 0.5) is 0 Å². The summed E-state index contributed by atoms with van der Waals surface area (Å²) in [5.41, 5.74) is 3.25. The molecule has 0 aromatic carbocycles. The lowest BCUT2D eigenvalue weighted by Crippen LogP contribution is -2.56. The van der Waals surface area contributed by atoms with Gasteiger partial charge < -0.3 is 25.0 Å². The van der Waals surface area contributed by atoms with E-state index in [9.17, 15) is 9.90 Å². The Kier molecular flexibility index (Phi) is 5.99. The maximum atomic E-state index is 13.0. The van der Waals surface area contributed by atoms with Crippen LogP contribution < -0.4 is 5.32 Å². The molecule has 0 spiro atoms. The summed E-state index contributed by atoms with van der Waals surface area (Å²) < 4.78 is 5.25. The number of aliphatic hydroxyl groups is 1. The van der Waals surface area contributed by atoms with Crippen molar-refractivity contribution < 1.29 is 14.6 Å². The zero-order chi connectivity index (χ0) is 21.4. The van der Waals surface area contributed by atoms with Crippen molar-refractivity contribution in [1.29, 1.82) is 0 Å². The molecule has 0 bridgehead atoms. The van der Waals surface area contributed by atoms with Crippen molar-refractivity contribution in [2.75, 3.05) is 39.3 Å². The lowest BCUT2D eigenvalue weighted by atomic mass is 9.86. The van der Waals surface area contributed by atoms with Gasteiger partial charge in [-0.2, -0.15) is 0 Å². The Morgan fingerprint density at radius 1 is 1.23 bits per heavy atom. The number of nitrogens with zero attached hydrogens (tertiary/aromatic N) is 4. The summed E-state index contributed by atoms with van der Waals surface area (Å²) in [6.07, 6.45) is 5.26. The van der Waals surface area contributed by atoms with E-state index in [0.717, 1.165) is 13.1 Å². The molecule has 1 amide bonds. The highest BCUT2D eigenvalue weighted by molar-refractivity contribution is 6.40. The number of ether oxygens (including phenoxy) is 1. The normalized spacial score (nSPS) is 32.8. The predicted octanol–water partition coefficient (Wildman–Crippen LogP) is 0.881. The average Bonchev–Trinajstić information content (AvgIpc) is 3.05. The first-order valence-corrected chi connectivity index (χ1v) is 10.8. The molecular weight excluding hydrogens is 382 g/mol. The molecule has 30 heavy (non-hydrogen) atoms. The summed E-state index contributed by atoms with van der Waals surface area (Å²) >= 11 is 0. The maximum Gasteiger partial charge on any atom is 0.270 e. The van der Waals surface area contributed by atoms with E-state index in [0.29, 0.717) is 49.7 Å². The fraction of sp³-hybridized carbons (Fsp3) is 0.636. The van der Waals surface area contributed by atoms with Gasteiger partial charge in [-0.15, -0.1) is 0 Å². The molecule has 4 aliphatic rings. The monoisotopic (exact) mass is 415 g/mol. The molecule has 164 valence electrons. The van der Waals surface area contributed by atoms with Crippen LogP contribution in [0.25, 0.3) is 0 Å². The Balaban J connectivity index is 1.35. The van der Waals surface area contributed by atoms with Gasteiger partial charge in [0.2, 0.25) is 6.41 Å². The topological polar surface area (TPSA) is 80.6 Å². The first-order chi connectivity index (χ1) is 14.3. The third-order valence-corrected chi connectivity index (χ3v) is 6.44. The van der Waals surface area contributed by atoms with Crippen LogP contribution >= 0.6 is 0 Å². The molecule has 0 aromatic rings. The van der Waals surface area contributed by atoms with Crippen molar-refractivity contribution in [3.05, 3.63) is 35.3 Å². The van der Waals surface area contributed by atoms with Crippen LogP contribution in [0.1, 0.15) is 27.7 Å². The average molecular weight is 416 g/mol. The quantitative estimate of drug-likeness (QED) is 0.712. The first-order valence-electron chi connectivity index (χ1n) is 10.8. The number of nitrogens with one attached hydrogen (secondary N) is 1. The SMILES string of the molecule is CC1=CC(C)C(N2CCN(C(=O)C3=NC=C(N4C(O)OC[C@H]4C)NC3)CC2)C(C)=C1. The van der Waals surface area contributed by atoms with Crippen LogP contribution in [-0.2, 0) is 9.53 Å². The van der Waals surface area contributed by atoms with Crippen LogP contribution in [-0.4, -0.2) is 89.3 Å². The van der Waals surface area contributed by atoms with Crippen molar-refractivity contribution >= 4 is 11.6 Å². The molecule has 3 aliphatic heterocycles. The predicted molar refractivity (Wildman–Crippen MR) is 115 cm³/mol. The third-order valence-electron chi connectivity index (χ3n) is 6.44. The van der Waals surface area contributed by atoms with E-state index in [1.807, 2.05) is 11.8 Å². The van der Waals surface area contributed by atoms with E-state index in [4.69, 9.17) is 4.74 Å². The largest absolute Gasteiger partial charge is 0.364 e. The van der Waals surface area contributed by atoms with E-state index in [-0.39, 0.29) is 11.9 Å². The molecule has 2 saturated heterocycles. The molecule has 1 aliphatic carbocycles. The number of amides is 1. The summed E-state index contributed by atoms with van der Waals surface area (Å²) in [4.78, 5) is 23.5. The molecule has 3 unspecified atom stereocenters. The lowest BCUT2D eigenvalue weighted by Gasteiger charge is -2.43. The summed E-state index contributed by atoms with van der Waals surface area (Å²) in [7, 11) is 0. The Hall–Kier alpha value is -2.16. The number of carbonyl (C=O) groups is 1. The molecule has 4 atom stereocenters. The van der Waals surface area contributed by atoms with E-state index in [2.05, 4.69) is 48.1 Å². The molecule has 8 heteroatoms. The zero-order valence-electron chi connectivity index (χ0n) is 18.3. The second kappa shape index (κ2) is 8.53. The van der Waals surface area contributed by atoms with Gasteiger partial charge in [-0.1, -0.05) is 30.2 Å². The van der Waals surface area contributed by atoms with Crippen LogP contribution in [0.2, 0.25) is 0 Å². The highest BCUT2D eigenvalue weighted by Crippen LogP contribution is 2.28. The maximum absolute atomic E-state index is 13.0. The minimum atomic E-state index is -0.974. The molecule has 2 fully saturated rings. The van der Waals surface area contributed by atoms with Gasteiger partial charge in [-0.25, -0.2) is 4.99 Å². The van der Waals surface area contributed by atoms with Gasteiger partial charge in [0.15, 0.2) is 0 Å². The number of carbonyl (C=O) groups excluding carboxylic acids is 1. The fourth-order valence-electron chi connectivity index (χ4n) is 5.07. The smallest absolute Gasteiger partial charge is 0.270 e. The Labute approximate surface area is 178 Å². The molecule has 3 heterocycles. The highest BCUT2D eigenvalue weighted by Gasteiger charge is 2.35. The number of hydrogen-bond acceptors (Lipinski definition) is 7. The van der Waals surface area contributed by atoms with Crippen molar-refractivity contribution in [1.82, 2.24) is 20.0 Å². The minimum absolute atomic E-state index is 0.0107.